The molecule has 5 heteroatoms. The maximum absolute atomic E-state index is 7.85. The number of pyridine rings is 1. The van der Waals surface area contributed by atoms with Crippen molar-refractivity contribution in [3.63, 3.8) is 0 Å². The number of nitrogens with one attached hydrogen (secondary N) is 1. The number of aromatic nitrogens is 1. The lowest BCUT2D eigenvalue weighted by Gasteiger charge is -2.43. The van der Waals surface area contributed by atoms with E-state index >= 15 is 0 Å². The number of piperazine rings is 1. The minimum absolute atomic E-state index is 0.105. The standard InChI is InChI=1S/C16H27N5/c1-11-10-13(14(15(17)18)12(2)19-11)20-6-8-21(9-7-20)16(3,4)5/h10H,6-9H2,1-5H3,(H3,17,18). The van der Waals surface area contributed by atoms with Crippen LogP contribution in [0.2, 0.25) is 0 Å². The predicted molar refractivity (Wildman–Crippen MR) is 88.3 cm³/mol. The molecule has 1 aliphatic rings. The molecule has 0 atom stereocenters. The maximum Gasteiger partial charge on any atom is 0.126 e. The summed E-state index contributed by atoms with van der Waals surface area (Å²) in [6.45, 7) is 14.7. The monoisotopic (exact) mass is 289 g/mol. The summed E-state index contributed by atoms with van der Waals surface area (Å²) >= 11 is 0. The van der Waals surface area contributed by atoms with Gasteiger partial charge in [-0.05, 0) is 40.7 Å². The van der Waals surface area contributed by atoms with Gasteiger partial charge in [0, 0.05) is 37.4 Å². The van der Waals surface area contributed by atoms with Crippen molar-refractivity contribution in [1.82, 2.24) is 9.88 Å². The summed E-state index contributed by atoms with van der Waals surface area (Å²) in [5, 5.41) is 7.85. The number of hydrogen-bond donors (Lipinski definition) is 2. The first-order chi connectivity index (χ1) is 9.70. The number of aryl methyl sites for hydroxylation is 2. The molecule has 1 aliphatic heterocycles. The van der Waals surface area contributed by atoms with E-state index in [0.29, 0.717) is 0 Å². The van der Waals surface area contributed by atoms with E-state index in [1.807, 2.05) is 13.8 Å². The van der Waals surface area contributed by atoms with Crippen molar-refractivity contribution < 1.29 is 0 Å². The van der Waals surface area contributed by atoms with Crippen LogP contribution in [0.3, 0.4) is 0 Å². The minimum atomic E-state index is 0.105. The number of amidine groups is 1. The van der Waals surface area contributed by atoms with Crippen LogP contribution in [0.25, 0.3) is 0 Å². The van der Waals surface area contributed by atoms with Crippen LogP contribution in [-0.2, 0) is 0 Å². The summed E-state index contributed by atoms with van der Waals surface area (Å²) in [6, 6.07) is 2.05. The van der Waals surface area contributed by atoms with Crippen LogP contribution in [0.15, 0.2) is 6.07 Å². The molecule has 1 aromatic rings. The third-order valence-corrected chi connectivity index (χ3v) is 4.15. The van der Waals surface area contributed by atoms with Crippen LogP contribution in [0.5, 0.6) is 0 Å². The fraction of sp³-hybridized carbons (Fsp3) is 0.625. The molecule has 0 aromatic carbocycles. The van der Waals surface area contributed by atoms with E-state index in [-0.39, 0.29) is 11.4 Å². The molecule has 0 radical (unpaired) electrons. The van der Waals surface area contributed by atoms with Gasteiger partial charge < -0.3 is 10.6 Å². The SMILES string of the molecule is Cc1cc(N2CCN(C(C)(C)C)CC2)c(C(=N)N)c(C)n1. The summed E-state index contributed by atoms with van der Waals surface area (Å²) in [7, 11) is 0. The Morgan fingerprint density at radius 2 is 1.76 bits per heavy atom. The summed E-state index contributed by atoms with van der Waals surface area (Å²) in [5.41, 5.74) is 9.64. The summed E-state index contributed by atoms with van der Waals surface area (Å²) in [6.07, 6.45) is 0. The van der Waals surface area contributed by atoms with Crippen LogP contribution in [0.4, 0.5) is 5.69 Å². The molecular weight excluding hydrogens is 262 g/mol. The predicted octanol–water partition coefficient (Wildman–Crippen LogP) is 1.90. The lowest BCUT2D eigenvalue weighted by atomic mass is 10.0. The summed E-state index contributed by atoms with van der Waals surface area (Å²) < 4.78 is 0. The fourth-order valence-corrected chi connectivity index (χ4v) is 3.01. The Bertz CT molecular complexity index is 536. The van der Waals surface area contributed by atoms with Gasteiger partial charge in [-0.2, -0.15) is 0 Å². The zero-order valence-corrected chi connectivity index (χ0v) is 13.8. The molecule has 21 heavy (non-hydrogen) atoms. The molecule has 0 saturated carbocycles. The third kappa shape index (κ3) is 3.35. The van der Waals surface area contributed by atoms with Crippen molar-refractivity contribution in [2.75, 3.05) is 31.1 Å². The van der Waals surface area contributed by atoms with Gasteiger partial charge in [0.2, 0.25) is 0 Å². The maximum atomic E-state index is 7.85. The highest BCUT2D eigenvalue weighted by Crippen LogP contribution is 2.26. The molecule has 0 amide bonds. The zero-order chi connectivity index (χ0) is 15.8. The molecule has 1 saturated heterocycles. The van der Waals surface area contributed by atoms with E-state index < -0.39 is 0 Å². The van der Waals surface area contributed by atoms with Gasteiger partial charge in [0.15, 0.2) is 0 Å². The van der Waals surface area contributed by atoms with Crippen molar-refractivity contribution in [2.45, 2.75) is 40.2 Å². The smallest absolute Gasteiger partial charge is 0.126 e. The Kier molecular flexibility index (Phi) is 4.23. The lowest BCUT2D eigenvalue weighted by molar-refractivity contribution is 0.128. The Balaban J connectivity index is 2.26. The van der Waals surface area contributed by atoms with Crippen LogP contribution < -0.4 is 10.6 Å². The van der Waals surface area contributed by atoms with Crippen molar-refractivity contribution in [1.29, 1.82) is 5.41 Å². The summed E-state index contributed by atoms with van der Waals surface area (Å²) in [4.78, 5) is 9.28. The molecule has 5 nitrogen and oxygen atoms in total. The average molecular weight is 289 g/mol. The first-order valence-electron chi connectivity index (χ1n) is 7.53. The quantitative estimate of drug-likeness (QED) is 0.644. The second kappa shape index (κ2) is 5.64. The molecule has 2 rings (SSSR count). The number of rotatable bonds is 2. The Labute approximate surface area is 127 Å². The molecule has 0 bridgehead atoms. The van der Waals surface area contributed by atoms with Crippen LogP contribution in [0, 0.1) is 19.3 Å². The average Bonchev–Trinajstić information content (AvgIpc) is 2.36. The fourth-order valence-electron chi connectivity index (χ4n) is 3.01. The molecule has 2 heterocycles. The minimum Gasteiger partial charge on any atom is -0.384 e. The van der Waals surface area contributed by atoms with Gasteiger partial charge in [-0.15, -0.1) is 0 Å². The highest BCUT2D eigenvalue weighted by molar-refractivity contribution is 6.01. The number of nitrogens with zero attached hydrogens (tertiary/aromatic N) is 3. The molecule has 1 fully saturated rings. The van der Waals surface area contributed by atoms with Gasteiger partial charge in [-0.1, -0.05) is 0 Å². The first-order valence-corrected chi connectivity index (χ1v) is 7.53. The molecule has 0 spiro atoms. The molecule has 0 aliphatic carbocycles. The van der Waals surface area contributed by atoms with Gasteiger partial charge >= 0.3 is 0 Å². The summed E-state index contributed by atoms with van der Waals surface area (Å²) in [5.74, 6) is 0.105. The van der Waals surface area contributed by atoms with Crippen molar-refractivity contribution >= 4 is 11.5 Å². The van der Waals surface area contributed by atoms with Crippen molar-refractivity contribution in [3.05, 3.63) is 23.0 Å². The van der Waals surface area contributed by atoms with E-state index in [1.54, 1.807) is 0 Å². The lowest BCUT2D eigenvalue weighted by Crippen LogP contribution is -2.53. The number of nitrogens with two attached hydrogens (primary N) is 1. The van der Waals surface area contributed by atoms with E-state index in [9.17, 15) is 0 Å². The Hall–Kier alpha value is -1.62. The van der Waals surface area contributed by atoms with Crippen molar-refractivity contribution in [3.8, 4) is 0 Å². The first kappa shape index (κ1) is 15.8. The Morgan fingerprint density at radius 3 is 2.24 bits per heavy atom. The van der Waals surface area contributed by atoms with E-state index in [1.165, 1.54) is 0 Å². The zero-order valence-electron chi connectivity index (χ0n) is 13.8. The Morgan fingerprint density at radius 1 is 1.19 bits per heavy atom. The van der Waals surface area contributed by atoms with Crippen LogP contribution >= 0.6 is 0 Å². The van der Waals surface area contributed by atoms with Gasteiger partial charge in [0.05, 0.1) is 16.9 Å². The molecule has 0 unspecified atom stereocenters. The molecule has 3 N–H and O–H groups in total. The third-order valence-electron chi connectivity index (χ3n) is 4.15. The number of nitrogen functional groups attached to an aromatic ring is 1. The second-order valence-corrected chi connectivity index (χ2v) is 6.80. The topological polar surface area (TPSA) is 69.2 Å². The van der Waals surface area contributed by atoms with Gasteiger partial charge in [-0.3, -0.25) is 15.3 Å². The van der Waals surface area contributed by atoms with E-state index in [2.05, 4.69) is 41.6 Å². The number of hydrogen-bond acceptors (Lipinski definition) is 4. The van der Waals surface area contributed by atoms with Crippen LogP contribution in [-0.4, -0.2) is 47.4 Å². The van der Waals surface area contributed by atoms with E-state index in [4.69, 9.17) is 11.1 Å². The van der Waals surface area contributed by atoms with Crippen molar-refractivity contribution in [2.24, 2.45) is 5.73 Å². The number of anilines is 1. The van der Waals surface area contributed by atoms with E-state index in [0.717, 1.165) is 48.8 Å². The molecule has 1 aromatic heterocycles. The highest BCUT2D eigenvalue weighted by Gasteiger charge is 2.27. The van der Waals surface area contributed by atoms with Gasteiger partial charge in [0.25, 0.3) is 0 Å². The normalized spacial score (nSPS) is 17.1. The second-order valence-electron chi connectivity index (χ2n) is 6.80. The van der Waals surface area contributed by atoms with Gasteiger partial charge in [0.1, 0.15) is 5.84 Å². The molecule has 116 valence electrons. The highest BCUT2D eigenvalue weighted by atomic mass is 15.3. The largest absolute Gasteiger partial charge is 0.384 e. The molecular formula is C16H27N5. The van der Waals surface area contributed by atoms with Crippen LogP contribution in [0.1, 0.15) is 37.7 Å². The van der Waals surface area contributed by atoms with Gasteiger partial charge in [-0.25, -0.2) is 0 Å².